The molecule has 0 radical (unpaired) electrons. The third kappa shape index (κ3) is 3.65. The molecule has 1 aromatic carbocycles. The number of hydrogen-bond acceptors (Lipinski definition) is 7. The Morgan fingerprint density at radius 2 is 1.97 bits per heavy atom. The van der Waals surface area contributed by atoms with Gasteiger partial charge in [-0.2, -0.15) is 10.5 Å². The number of piperazine rings is 1. The van der Waals surface area contributed by atoms with Crippen molar-refractivity contribution in [2.75, 3.05) is 24.5 Å². The average molecular weight is 410 g/mol. The molecule has 2 saturated heterocycles. The Hall–Kier alpha value is -3.68. The van der Waals surface area contributed by atoms with Crippen LogP contribution in [0.2, 0.25) is 0 Å². The van der Waals surface area contributed by atoms with E-state index in [1.807, 2.05) is 36.4 Å². The van der Waals surface area contributed by atoms with Crippen LogP contribution < -0.4 is 4.90 Å². The number of pyridine rings is 1. The SMILES string of the molecule is N#Cc1cccc(-c2cc([C@H]3CCC[C@H]4CN(c5ncccc5C#N)CCN43)no2)c1. The molecule has 7 nitrogen and oxygen atoms in total. The lowest BCUT2D eigenvalue weighted by molar-refractivity contribution is 0.0673. The molecule has 0 amide bonds. The van der Waals surface area contributed by atoms with Crippen LogP contribution >= 0.6 is 0 Å². The van der Waals surface area contributed by atoms with E-state index in [-0.39, 0.29) is 6.04 Å². The smallest absolute Gasteiger partial charge is 0.167 e. The molecule has 2 atom stereocenters. The van der Waals surface area contributed by atoms with Crippen LogP contribution in [0.1, 0.15) is 42.1 Å². The van der Waals surface area contributed by atoms with E-state index in [1.165, 1.54) is 0 Å². The summed E-state index contributed by atoms with van der Waals surface area (Å²) >= 11 is 0. The van der Waals surface area contributed by atoms with E-state index >= 15 is 0 Å². The molecular weight excluding hydrogens is 388 g/mol. The summed E-state index contributed by atoms with van der Waals surface area (Å²) in [5, 5.41) is 23.0. The quantitative estimate of drug-likeness (QED) is 0.646. The van der Waals surface area contributed by atoms with Gasteiger partial charge in [-0.05, 0) is 43.5 Å². The highest BCUT2D eigenvalue weighted by atomic mass is 16.5. The van der Waals surface area contributed by atoms with Crippen molar-refractivity contribution < 1.29 is 4.52 Å². The fourth-order valence-corrected chi connectivity index (χ4v) is 4.82. The zero-order valence-electron chi connectivity index (χ0n) is 17.1. The molecule has 0 N–H and O–H groups in total. The molecule has 2 aliphatic rings. The van der Waals surface area contributed by atoms with Crippen LogP contribution in [0.4, 0.5) is 5.82 Å². The Labute approximate surface area is 181 Å². The van der Waals surface area contributed by atoms with Crippen LogP contribution in [-0.2, 0) is 0 Å². The standard InChI is InChI=1S/C24H22N6O/c25-14-17-4-1-5-18(12-17)23-13-21(28-31-23)22-8-2-7-20-16-29(10-11-30(20)22)24-19(15-26)6-3-9-27-24/h1,3-6,9,12-13,20,22H,2,7-8,10-11,16H2/t20-,22+/m0/s1. The van der Waals surface area contributed by atoms with Gasteiger partial charge in [0.25, 0.3) is 0 Å². The van der Waals surface area contributed by atoms with Gasteiger partial charge in [-0.15, -0.1) is 0 Å². The van der Waals surface area contributed by atoms with E-state index in [0.717, 1.165) is 56.0 Å². The van der Waals surface area contributed by atoms with Gasteiger partial charge < -0.3 is 9.42 Å². The minimum Gasteiger partial charge on any atom is -0.356 e. The number of piperidine rings is 1. The van der Waals surface area contributed by atoms with E-state index < -0.39 is 0 Å². The van der Waals surface area contributed by atoms with Crippen LogP contribution in [-0.4, -0.2) is 40.7 Å². The third-order valence-corrected chi connectivity index (χ3v) is 6.30. The van der Waals surface area contributed by atoms with Crippen molar-refractivity contribution in [1.82, 2.24) is 15.0 Å². The van der Waals surface area contributed by atoms with Crippen LogP contribution in [0, 0.1) is 22.7 Å². The molecule has 31 heavy (non-hydrogen) atoms. The van der Waals surface area contributed by atoms with Gasteiger partial charge in [-0.25, -0.2) is 4.98 Å². The van der Waals surface area contributed by atoms with Crippen molar-refractivity contribution in [3.63, 3.8) is 0 Å². The first-order chi connectivity index (χ1) is 15.3. The molecule has 2 aromatic heterocycles. The minimum absolute atomic E-state index is 0.219. The van der Waals surface area contributed by atoms with Gasteiger partial charge in [0.1, 0.15) is 17.6 Å². The Balaban J connectivity index is 1.36. The molecule has 0 saturated carbocycles. The molecule has 0 aliphatic carbocycles. The molecule has 0 unspecified atom stereocenters. The average Bonchev–Trinajstić information content (AvgIpc) is 3.33. The van der Waals surface area contributed by atoms with Crippen molar-refractivity contribution in [3.05, 3.63) is 65.5 Å². The summed E-state index contributed by atoms with van der Waals surface area (Å²) in [5.41, 5.74) is 3.06. The molecule has 0 spiro atoms. The lowest BCUT2D eigenvalue weighted by Crippen LogP contribution is -2.56. The molecule has 7 heteroatoms. The number of hydrogen-bond donors (Lipinski definition) is 0. The highest BCUT2D eigenvalue weighted by Crippen LogP contribution is 2.37. The van der Waals surface area contributed by atoms with Crippen molar-refractivity contribution in [3.8, 4) is 23.5 Å². The maximum atomic E-state index is 9.44. The summed E-state index contributed by atoms with van der Waals surface area (Å²) in [7, 11) is 0. The predicted octanol–water partition coefficient (Wildman–Crippen LogP) is 3.90. The van der Waals surface area contributed by atoms with Crippen molar-refractivity contribution >= 4 is 5.82 Å². The topological polar surface area (TPSA) is 93.0 Å². The Kier molecular flexibility index (Phi) is 5.11. The normalized spacial score (nSPS) is 21.2. The van der Waals surface area contributed by atoms with Gasteiger partial charge >= 0.3 is 0 Å². The number of nitriles is 2. The van der Waals surface area contributed by atoms with Crippen molar-refractivity contribution in [2.24, 2.45) is 0 Å². The number of rotatable bonds is 3. The minimum atomic E-state index is 0.219. The molecular formula is C24H22N6O. The van der Waals surface area contributed by atoms with Crippen molar-refractivity contribution in [2.45, 2.75) is 31.3 Å². The Morgan fingerprint density at radius 1 is 1.03 bits per heavy atom. The fourth-order valence-electron chi connectivity index (χ4n) is 4.82. The highest BCUT2D eigenvalue weighted by Gasteiger charge is 2.37. The van der Waals surface area contributed by atoms with E-state index in [2.05, 4.69) is 32.1 Å². The maximum absolute atomic E-state index is 9.44. The number of benzene rings is 1. The van der Waals surface area contributed by atoms with Gasteiger partial charge in [0.15, 0.2) is 5.76 Å². The van der Waals surface area contributed by atoms with Gasteiger partial charge in [0.05, 0.1) is 23.2 Å². The van der Waals surface area contributed by atoms with Crippen LogP contribution in [0.3, 0.4) is 0 Å². The highest BCUT2D eigenvalue weighted by molar-refractivity contribution is 5.60. The van der Waals surface area contributed by atoms with Crippen molar-refractivity contribution in [1.29, 1.82) is 10.5 Å². The monoisotopic (exact) mass is 410 g/mol. The summed E-state index contributed by atoms with van der Waals surface area (Å²) in [6.07, 6.45) is 5.05. The fraction of sp³-hybridized carbons (Fsp3) is 0.333. The van der Waals surface area contributed by atoms with Crippen LogP contribution in [0.5, 0.6) is 0 Å². The summed E-state index contributed by atoms with van der Waals surface area (Å²) < 4.78 is 5.66. The van der Waals surface area contributed by atoms with Gasteiger partial charge in [0.2, 0.25) is 0 Å². The Bertz CT molecular complexity index is 1170. The van der Waals surface area contributed by atoms with Gasteiger partial charge in [0, 0.05) is 43.5 Å². The molecule has 5 rings (SSSR count). The molecule has 0 bridgehead atoms. The molecule has 154 valence electrons. The molecule has 4 heterocycles. The second-order valence-corrected chi connectivity index (χ2v) is 8.08. The summed E-state index contributed by atoms with van der Waals surface area (Å²) in [6, 6.07) is 18.1. The summed E-state index contributed by atoms with van der Waals surface area (Å²) in [5.74, 6) is 1.48. The van der Waals surface area contributed by atoms with Gasteiger partial charge in [-0.1, -0.05) is 17.3 Å². The maximum Gasteiger partial charge on any atom is 0.167 e. The summed E-state index contributed by atoms with van der Waals surface area (Å²) in [4.78, 5) is 9.24. The lowest BCUT2D eigenvalue weighted by atomic mass is 9.91. The predicted molar refractivity (Wildman–Crippen MR) is 115 cm³/mol. The zero-order chi connectivity index (χ0) is 21.2. The zero-order valence-corrected chi connectivity index (χ0v) is 17.1. The lowest BCUT2D eigenvalue weighted by Gasteiger charge is -2.48. The first-order valence-electron chi connectivity index (χ1n) is 10.6. The van der Waals surface area contributed by atoms with E-state index in [1.54, 1.807) is 12.3 Å². The number of aromatic nitrogens is 2. The second kappa shape index (κ2) is 8.22. The number of fused-ring (bicyclic) bond motifs is 1. The molecule has 2 fully saturated rings. The first kappa shape index (κ1) is 19.3. The van der Waals surface area contributed by atoms with E-state index in [4.69, 9.17) is 9.78 Å². The Morgan fingerprint density at radius 3 is 2.84 bits per heavy atom. The molecule has 3 aromatic rings. The molecule has 2 aliphatic heterocycles. The largest absolute Gasteiger partial charge is 0.356 e. The summed E-state index contributed by atoms with van der Waals surface area (Å²) in [6.45, 7) is 2.58. The van der Waals surface area contributed by atoms with Gasteiger partial charge in [-0.3, -0.25) is 4.90 Å². The first-order valence-corrected chi connectivity index (χ1v) is 10.6. The second-order valence-electron chi connectivity index (χ2n) is 8.08. The van der Waals surface area contributed by atoms with E-state index in [0.29, 0.717) is 22.9 Å². The number of anilines is 1. The third-order valence-electron chi connectivity index (χ3n) is 6.30. The number of nitrogens with zero attached hydrogens (tertiary/aromatic N) is 6. The van der Waals surface area contributed by atoms with Crippen LogP contribution in [0.15, 0.2) is 53.2 Å². The van der Waals surface area contributed by atoms with E-state index in [9.17, 15) is 5.26 Å². The van der Waals surface area contributed by atoms with Crippen LogP contribution in [0.25, 0.3) is 11.3 Å².